The van der Waals surface area contributed by atoms with Crippen LogP contribution in [0.1, 0.15) is 58.8 Å². The fraction of sp³-hybridized carbons (Fsp3) is 1.00. The second-order valence-electron chi connectivity index (χ2n) is 5.43. The second-order valence-corrected chi connectivity index (χ2v) is 5.43. The second kappa shape index (κ2) is 8.02. The van der Waals surface area contributed by atoms with Crippen LogP contribution in [0.3, 0.4) is 0 Å². The lowest BCUT2D eigenvalue weighted by atomic mass is 9.86. The predicted molar refractivity (Wildman–Crippen MR) is 66.4 cm³/mol. The summed E-state index contributed by atoms with van der Waals surface area (Å²) < 4.78 is 30.1. The molecular weight excluding hydrogens is 222 g/mol. The Morgan fingerprint density at radius 1 is 1.18 bits per heavy atom. The van der Waals surface area contributed by atoms with Crippen LogP contribution in [-0.2, 0) is 4.74 Å². The first-order valence-corrected chi connectivity index (χ1v) is 7.03. The van der Waals surface area contributed by atoms with Gasteiger partial charge in [-0.3, -0.25) is 0 Å². The van der Waals surface area contributed by atoms with Crippen molar-refractivity contribution in [2.24, 2.45) is 11.8 Å². The Bertz CT molecular complexity index is 189. The van der Waals surface area contributed by atoms with Crippen LogP contribution in [0.2, 0.25) is 0 Å². The van der Waals surface area contributed by atoms with E-state index in [0.29, 0.717) is 24.4 Å². The van der Waals surface area contributed by atoms with Gasteiger partial charge in [-0.1, -0.05) is 20.3 Å². The molecule has 0 aliphatic carbocycles. The molecule has 3 heteroatoms. The summed E-state index contributed by atoms with van der Waals surface area (Å²) in [5.41, 5.74) is 0. The van der Waals surface area contributed by atoms with E-state index in [1.54, 1.807) is 0 Å². The third-order valence-corrected chi connectivity index (χ3v) is 3.72. The van der Waals surface area contributed by atoms with Crippen molar-refractivity contribution in [3.63, 3.8) is 0 Å². The van der Waals surface area contributed by atoms with E-state index in [1.807, 2.05) is 0 Å². The lowest BCUT2D eigenvalue weighted by Gasteiger charge is -2.33. The Labute approximate surface area is 104 Å². The summed E-state index contributed by atoms with van der Waals surface area (Å²) in [4.78, 5) is 0. The molecule has 0 N–H and O–H groups in total. The van der Waals surface area contributed by atoms with Gasteiger partial charge in [0.05, 0.1) is 6.10 Å². The molecule has 0 amide bonds. The molecule has 1 nitrogen and oxygen atoms in total. The Morgan fingerprint density at radius 3 is 2.47 bits per heavy atom. The van der Waals surface area contributed by atoms with Gasteiger partial charge in [-0.25, -0.2) is 8.78 Å². The van der Waals surface area contributed by atoms with E-state index in [1.165, 1.54) is 6.42 Å². The monoisotopic (exact) mass is 248 g/mol. The van der Waals surface area contributed by atoms with E-state index >= 15 is 0 Å². The lowest BCUT2D eigenvalue weighted by Crippen LogP contribution is -2.31. The normalized spacial score (nSPS) is 27.4. The quantitative estimate of drug-likeness (QED) is 0.637. The Balaban J connectivity index is 2.31. The molecule has 1 aliphatic heterocycles. The summed E-state index contributed by atoms with van der Waals surface area (Å²) in [5.74, 6) is 1.15. The van der Waals surface area contributed by atoms with Crippen LogP contribution in [0.4, 0.5) is 8.78 Å². The van der Waals surface area contributed by atoms with Crippen molar-refractivity contribution in [2.75, 3.05) is 6.61 Å². The molecule has 1 aliphatic rings. The van der Waals surface area contributed by atoms with Crippen molar-refractivity contribution in [1.29, 1.82) is 0 Å². The van der Waals surface area contributed by atoms with Crippen LogP contribution in [0.15, 0.2) is 0 Å². The first kappa shape index (κ1) is 14.9. The smallest absolute Gasteiger partial charge is 0.238 e. The Morgan fingerprint density at radius 2 is 1.94 bits per heavy atom. The molecule has 0 aromatic heterocycles. The highest BCUT2D eigenvalue weighted by Gasteiger charge is 2.26. The summed E-state index contributed by atoms with van der Waals surface area (Å²) >= 11 is 0. The Kier molecular flexibility index (Phi) is 7.02. The van der Waals surface area contributed by atoms with Crippen molar-refractivity contribution >= 4 is 0 Å². The molecule has 0 aromatic carbocycles. The highest BCUT2D eigenvalue weighted by atomic mass is 19.3. The Hall–Kier alpha value is -0.180. The molecule has 3 unspecified atom stereocenters. The number of hydrogen-bond acceptors (Lipinski definition) is 1. The molecule has 0 saturated carbocycles. The van der Waals surface area contributed by atoms with Crippen molar-refractivity contribution in [3.05, 3.63) is 0 Å². The van der Waals surface area contributed by atoms with Gasteiger partial charge in [-0.15, -0.1) is 0 Å². The van der Waals surface area contributed by atoms with E-state index in [-0.39, 0.29) is 6.42 Å². The highest BCUT2D eigenvalue weighted by molar-refractivity contribution is 4.75. The average molecular weight is 248 g/mol. The van der Waals surface area contributed by atoms with Gasteiger partial charge < -0.3 is 4.74 Å². The van der Waals surface area contributed by atoms with Crippen LogP contribution in [0, 0.1) is 11.8 Å². The van der Waals surface area contributed by atoms with E-state index in [0.717, 1.165) is 32.3 Å². The van der Waals surface area contributed by atoms with E-state index in [9.17, 15) is 8.78 Å². The van der Waals surface area contributed by atoms with Gasteiger partial charge in [-0.2, -0.15) is 0 Å². The van der Waals surface area contributed by atoms with Crippen LogP contribution in [0.25, 0.3) is 0 Å². The largest absolute Gasteiger partial charge is 0.378 e. The van der Waals surface area contributed by atoms with Crippen LogP contribution in [-0.4, -0.2) is 19.1 Å². The predicted octanol–water partition coefficient (Wildman–Crippen LogP) is 4.65. The summed E-state index contributed by atoms with van der Waals surface area (Å²) in [6.45, 7) is 5.22. The molecule has 1 heterocycles. The van der Waals surface area contributed by atoms with E-state index in [4.69, 9.17) is 4.74 Å². The van der Waals surface area contributed by atoms with Crippen molar-refractivity contribution in [3.8, 4) is 0 Å². The van der Waals surface area contributed by atoms with Gasteiger partial charge in [0, 0.05) is 13.0 Å². The van der Waals surface area contributed by atoms with Gasteiger partial charge >= 0.3 is 0 Å². The average Bonchev–Trinajstić information content (AvgIpc) is 2.29. The fourth-order valence-corrected chi connectivity index (χ4v) is 2.70. The maximum atomic E-state index is 12.1. The van der Waals surface area contributed by atoms with Gasteiger partial charge in [0.25, 0.3) is 0 Å². The molecule has 1 saturated heterocycles. The van der Waals surface area contributed by atoms with Crippen LogP contribution in [0.5, 0.6) is 0 Å². The molecule has 3 atom stereocenters. The molecule has 0 radical (unpaired) electrons. The van der Waals surface area contributed by atoms with Crippen molar-refractivity contribution in [2.45, 2.75) is 71.3 Å². The molecule has 1 rings (SSSR count). The number of alkyl halides is 2. The SMILES string of the molecule is CCCC(CCCC(F)F)C1CCC(C)CO1. The molecule has 17 heavy (non-hydrogen) atoms. The van der Waals surface area contributed by atoms with Gasteiger partial charge in [0.1, 0.15) is 0 Å². The molecule has 1 fully saturated rings. The zero-order valence-corrected chi connectivity index (χ0v) is 11.1. The third-order valence-electron chi connectivity index (χ3n) is 3.72. The summed E-state index contributed by atoms with van der Waals surface area (Å²) in [6.07, 6.45) is 4.32. The molecule has 0 spiro atoms. The number of hydrogen-bond donors (Lipinski definition) is 0. The minimum absolute atomic E-state index is 0.0450. The van der Waals surface area contributed by atoms with Gasteiger partial charge in [0.15, 0.2) is 0 Å². The van der Waals surface area contributed by atoms with Crippen LogP contribution < -0.4 is 0 Å². The topological polar surface area (TPSA) is 9.23 Å². The maximum absolute atomic E-state index is 12.1. The van der Waals surface area contributed by atoms with E-state index < -0.39 is 6.43 Å². The minimum atomic E-state index is -2.15. The number of rotatable bonds is 7. The van der Waals surface area contributed by atoms with Gasteiger partial charge in [0.2, 0.25) is 6.43 Å². The summed E-state index contributed by atoms with van der Waals surface area (Å²) in [7, 11) is 0. The fourth-order valence-electron chi connectivity index (χ4n) is 2.70. The van der Waals surface area contributed by atoms with Gasteiger partial charge in [-0.05, 0) is 43.9 Å². The molecule has 0 aromatic rings. The first-order valence-electron chi connectivity index (χ1n) is 7.03. The lowest BCUT2D eigenvalue weighted by molar-refractivity contribution is -0.0484. The summed E-state index contributed by atoms with van der Waals surface area (Å²) in [5, 5.41) is 0. The zero-order chi connectivity index (χ0) is 12.7. The first-order chi connectivity index (χ1) is 8.13. The minimum Gasteiger partial charge on any atom is -0.378 e. The third kappa shape index (κ3) is 5.80. The number of ether oxygens (including phenoxy) is 1. The number of halogens is 2. The zero-order valence-electron chi connectivity index (χ0n) is 11.1. The van der Waals surface area contributed by atoms with Crippen LogP contribution >= 0.6 is 0 Å². The van der Waals surface area contributed by atoms with Crippen molar-refractivity contribution in [1.82, 2.24) is 0 Å². The highest BCUT2D eigenvalue weighted by Crippen LogP contribution is 2.29. The standard InChI is InChI=1S/C14H26F2O/c1-3-5-12(6-4-7-14(15)16)13-9-8-11(2)10-17-13/h11-14H,3-10H2,1-2H3. The molecule has 0 bridgehead atoms. The van der Waals surface area contributed by atoms with Crippen molar-refractivity contribution < 1.29 is 13.5 Å². The maximum Gasteiger partial charge on any atom is 0.238 e. The summed E-state index contributed by atoms with van der Waals surface area (Å²) in [6, 6.07) is 0. The molecule has 102 valence electrons. The van der Waals surface area contributed by atoms with E-state index in [2.05, 4.69) is 13.8 Å². The molecular formula is C14H26F2O.